The molecule has 12 nitrogen and oxygen atoms in total. The second kappa shape index (κ2) is 15.1. The number of aromatic nitrogens is 5. The summed E-state index contributed by atoms with van der Waals surface area (Å²) >= 11 is 6.91. The molecule has 2 atom stereocenters. The molecule has 1 aliphatic rings. The maximum atomic E-state index is 15.3. The van der Waals surface area contributed by atoms with Crippen LogP contribution in [0.4, 0.5) is 15.0 Å². The van der Waals surface area contributed by atoms with E-state index >= 15 is 4.39 Å². The molecule has 0 N–H and O–H groups in total. The zero-order valence-corrected chi connectivity index (χ0v) is 31.7. The van der Waals surface area contributed by atoms with Crippen molar-refractivity contribution in [3.8, 4) is 23.0 Å². The minimum absolute atomic E-state index is 0.166. The molecule has 1 amide bonds. The number of ether oxygens (including phenoxy) is 3. The highest BCUT2D eigenvalue weighted by molar-refractivity contribution is 6.33. The molecule has 14 heteroatoms. The quantitative estimate of drug-likeness (QED) is 0.165. The number of hydrogen-bond donors (Lipinski definition) is 0. The molecule has 0 radical (unpaired) electrons. The van der Waals surface area contributed by atoms with Crippen molar-refractivity contribution in [3.05, 3.63) is 63.0 Å². The first-order valence-corrected chi connectivity index (χ1v) is 17.6. The van der Waals surface area contributed by atoms with E-state index in [9.17, 15) is 9.59 Å². The van der Waals surface area contributed by atoms with Crippen LogP contribution in [0.25, 0.3) is 28.0 Å². The molecule has 1 aromatic carbocycles. The molecule has 1 saturated heterocycles. The maximum Gasteiger partial charge on any atom is 0.410 e. The number of carbonyl (C=O) groups excluding carboxylic acids is 1. The lowest BCUT2D eigenvalue weighted by Crippen LogP contribution is -2.59. The zero-order valence-electron chi connectivity index (χ0n) is 31.0. The molecule has 5 rings (SSSR count). The summed E-state index contributed by atoms with van der Waals surface area (Å²) in [5.41, 5.74) is 0.817. The largest absolute Gasteiger partial charge is 0.461 e. The molecule has 0 saturated carbocycles. The van der Waals surface area contributed by atoms with Gasteiger partial charge in [-0.3, -0.25) is 0 Å². The number of amides is 1. The predicted octanol–water partition coefficient (Wildman–Crippen LogP) is 7.14. The van der Waals surface area contributed by atoms with Crippen LogP contribution in [0.2, 0.25) is 5.02 Å². The van der Waals surface area contributed by atoms with E-state index in [4.69, 9.17) is 40.8 Å². The van der Waals surface area contributed by atoms with Crippen LogP contribution in [-0.2, 0) is 9.47 Å². The van der Waals surface area contributed by atoms with Gasteiger partial charge in [-0.1, -0.05) is 51.4 Å². The van der Waals surface area contributed by atoms with Crippen LogP contribution >= 0.6 is 11.6 Å². The summed E-state index contributed by atoms with van der Waals surface area (Å²) in [5, 5.41) is 0.648. The first-order chi connectivity index (χ1) is 24.0. The Labute approximate surface area is 302 Å². The summed E-state index contributed by atoms with van der Waals surface area (Å²) in [7, 11) is 1.58. The van der Waals surface area contributed by atoms with Crippen LogP contribution in [0.3, 0.4) is 0 Å². The van der Waals surface area contributed by atoms with Crippen molar-refractivity contribution in [2.24, 2.45) is 0 Å². The Bertz CT molecular complexity index is 1950. The predicted molar refractivity (Wildman–Crippen MR) is 196 cm³/mol. The molecule has 4 heterocycles. The van der Waals surface area contributed by atoms with Gasteiger partial charge in [0.1, 0.15) is 23.8 Å². The smallest absolute Gasteiger partial charge is 0.410 e. The third-order valence-electron chi connectivity index (χ3n) is 8.57. The molecule has 1 aliphatic heterocycles. The van der Waals surface area contributed by atoms with Gasteiger partial charge in [0.05, 0.1) is 39.8 Å². The molecule has 274 valence electrons. The Morgan fingerprint density at radius 1 is 0.980 bits per heavy atom. The van der Waals surface area contributed by atoms with Gasteiger partial charge in [-0.15, -0.1) is 0 Å². The summed E-state index contributed by atoms with van der Waals surface area (Å²) in [6.07, 6.45) is -0.411. The number of pyridine rings is 1. The molecule has 0 spiro atoms. The van der Waals surface area contributed by atoms with Crippen molar-refractivity contribution < 1.29 is 23.4 Å². The fraction of sp³-hybridized carbons (Fsp3) is 0.514. The SMILES string of the molecule is COCCOc1nc(C(C)C)c(-n2c(=O)nc(N3C[C@@H](C)N(C(=O)OC(C)(C)C)C[C@@H]3C)c3cc(Cl)c(-c4ccccc4F)nc32)c(C(C)C)n1. The monoisotopic (exact) mass is 723 g/mol. The van der Waals surface area contributed by atoms with Crippen LogP contribution in [-0.4, -0.2) is 86.6 Å². The van der Waals surface area contributed by atoms with Gasteiger partial charge in [0.25, 0.3) is 0 Å². The number of fused-ring (bicyclic) bond motifs is 1. The Morgan fingerprint density at radius 3 is 2.22 bits per heavy atom. The van der Waals surface area contributed by atoms with Gasteiger partial charge in [-0.25, -0.2) is 23.5 Å². The number of methoxy groups -OCH3 is 1. The van der Waals surface area contributed by atoms with E-state index in [1.807, 2.05) is 67.2 Å². The molecular formula is C37H47ClFN7O5. The minimum Gasteiger partial charge on any atom is -0.461 e. The van der Waals surface area contributed by atoms with Crippen molar-refractivity contribution in [2.75, 3.05) is 38.3 Å². The van der Waals surface area contributed by atoms with E-state index in [1.54, 1.807) is 36.3 Å². The van der Waals surface area contributed by atoms with Crippen molar-refractivity contribution in [1.82, 2.24) is 29.4 Å². The zero-order chi connectivity index (χ0) is 37.4. The van der Waals surface area contributed by atoms with Gasteiger partial charge in [0.2, 0.25) is 0 Å². The Hall–Kier alpha value is -4.36. The van der Waals surface area contributed by atoms with Crippen LogP contribution in [0.15, 0.2) is 35.1 Å². The van der Waals surface area contributed by atoms with Crippen molar-refractivity contribution in [2.45, 2.75) is 91.8 Å². The normalized spacial score (nSPS) is 16.7. The second-order valence-electron chi connectivity index (χ2n) is 14.5. The fourth-order valence-corrected chi connectivity index (χ4v) is 6.40. The number of benzene rings is 1. The molecule has 3 aromatic heterocycles. The van der Waals surface area contributed by atoms with Crippen LogP contribution in [0, 0.1) is 5.82 Å². The minimum atomic E-state index is -0.653. The number of nitrogens with zero attached hydrogens (tertiary/aromatic N) is 7. The van der Waals surface area contributed by atoms with Crippen molar-refractivity contribution >= 4 is 34.5 Å². The van der Waals surface area contributed by atoms with E-state index < -0.39 is 23.2 Å². The molecule has 0 unspecified atom stereocenters. The van der Waals surface area contributed by atoms with Crippen LogP contribution in [0.5, 0.6) is 6.01 Å². The summed E-state index contributed by atoms with van der Waals surface area (Å²) in [5.74, 6) is -0.512. The number of piperazine rings is 1. The highest BCUT2D eigenvalue weighted by Gasteiger charge is 2.37. The summed E-state index contributed by atoms with van der Waals surface area (Å²) in [4.78, 5) is 50.5. The van der Waals surface area contributed by atoms with Crippen LogP contribution < -0.4 is 15.3 Å². The molecule has 4 aromatic rings. The summed E-state index contributed by atoms with van der Waals surface area (Å²) < 4.78 is 33.3. The Balaban J connectivity index is 1.78. The Morgan fingerprint density at radius 2 is 1.63 bits per heavy atom. The maximum absolute atomic E-state index is 15.3. The van der Waals surface area contributed by atoms with Gasteiger partial charge in [0, 0.05) is 37.8 Å². The topological polar surface area (TPSA) is 125 Å². The average Bonchev–Trinajstić information content (AvgIpc) is 3.04. The van der Waals surface area contributed by atoms with Gasteiger partial charge in [-0.05, 0) is 64.7 Å². The summed E-state index contributed by atoms with van der Waals surface area (Å²) in [6, 6.07) is 7.50. The number of rotatable bonds is 9. The lowest BCUT2D eigenvalue weighted by Gasteiger charge is -2.44. The third-order valence-corrected chi connectivity index (χ3v) is 8.86. The number of hydrogen-bond acceptors (Lipinski definition) is 10. The Kier molecular flexibility index (Phi) is 11.2. The van der Waals surface area contributed by atoms with Crippen LogP contribution in [0.1, 0.15) is 85.5 Å². The number of halogens is 2. The lowest BCUT2D eigenvalue weighted by molar-refractivity contribution is 0.0130. The molecular weight excluding hydrogens is 677 g/mol. The number of carbonyl (C=O) groups is 1. The average molecular weight is 724 g/mol. The first-order valence-electron chi connectivity index (χ1n) is 17.2. The summed E-state index contributed by atoms with van der Waals surface area (Å²) in [6.45, 7) is 18.5. The molecule has 0 aliphatic carbocycles. The standard InChI is InChI=1S/C37H47ClFN7O5/c1-20(2)28-31(29(21(3)4)42-34(41-28)50-16-15-49-10)46-33-25(17-26(38)30(40-33)24-13-11-12-14-27(24)39)32(43-35(46)47)44-18-23(6)45(19-22(44)5)36(48)51-37(7,8)9/h11-14,17,20-23H,15-16,18-19H2,1-10H3/t22-,23+/m0/s1. The van der Waals surface area contributed by atoms with E-state index in [-0.39, 0.29) is 58.5 Å². The highest BCUT2D eigenvalue weighted by Crippen LogP contribution is 2.38. The second-order valence-corrected chi connectivity index (χ2v) is 14.9. The number of anilines is 1. The highest BCUT2D eigenvalue weighted by atomic mass is 35.5. The first kappa shape index (κ1) is 37.9. The van der Waals surface area contributed by atoms with E-state index in [0.29, 0.717) is 48.0 Å². The van der Waals surface area contributed by atoms with Gasteiger partial charge >= 0.3 is 17.8 Å². The van der Waals surface area contributed by atoms with Gasteiger partial charge < -0.3 is 24.0 Å². The van der Waals surface area contributed by atoms with Gasteiger partial charge in [0.15, 0.2) is 5.65 Å². The lowest BCUT2D eigenvalue weighted by atomic mass is 10.0. The van der Waals surface area contributed by atoms with E-state index in [1.165, 1.54) is 10.6 Å². The van der Waals surface area contributed by atoms with E-state index in [0.717, 1.165) is 0 Å². The van der Waals surface area contributed by atoms with Crippen molar-refractivity contribution in [1.29, 1.82) is 0 Å². The fourth-order valence-electron chi connectivity index (χ4n) is 6.15. The third kappa shape index (κ3) is 7.94. The van der Waals surface area contributed by atoms with Gasteiger partial charge in [-0.2, -0.15) is 15.0 Å². The van der Waals surface area contributed by atoms with E-state index in [2.05, 4.69) is 4.98 Å². The molecule has 51 heavy (non-hydrogen) atoms. The van der Waals surface area contributed by atoms with Crippen molar-refractivity contribution in [3.63, 3.8) is 0 Å². The molecule has 0 bridgehead atoms. The molecule has 1 fully saturated rings.